The van der Waals surface area contributed by atoms with Gasteiger partial charge in [-0.15, -0.1) is 0 Å². The molecule has 2 amide bonds. The van der Waals surface area contributed by atoms with Crippen LogP contribution in [0.25, 0.3) is 0 Å². The lowest BCUT2D eigenvalue weighted by Crippen LogP contribution is -2.38. The maximum atomic E-state index is 13.2. The van der Waals surface area contributed by atoms with E-state index in [0.29, 0.717) is 12.1 Å². The summed E-state index contributed by atoms with van der Waals surface area (Å²) in [5.74, 6) is -0.884. The van der Waals surface area contributed by atoms with Crippen molar-refractivity contribution in [3.63, 3.8) is 0 Å². The normalized spacial score (nSPS) is 27.7. The third kappa shape index (κ3) is 2.73. The first kappa shape index (κ1) is 17.4. The number of amides is 2. The van der Waals surface area contributed by atoms with Crippen LogP contribution >= 0.6 is 0 Å². The van der Waals surface area contributed by atoms with Crippen LogP contribution < -0.4 is 0 Å². The third-order valence-corrected chi connectivity index (χ3v) is 6.00. The van der Waals surface area contributed by atoms with Crippen molar-refractivity contribution in [2.75, 3.05) is 7.05 Å². The first-order valence-corrected chi connectivity index (χ1v) is 9.14. The fourth-order valence-electron chi connectivity index (χ4n) is 4.49. The van der Waals surface area contributed by atoms with Gasteiger partial charge in [0.1, 0.15) is 0 Å². The van der Waals surface area contributed by atoms with Crippen LogP contribution in [-0.4, -0.2) is 34.7 Å². The van der Waals surface area contributed by atoms with Crippen molar-refractivity contribution in [1.82, 2.24) is 9.80 Å². The Morgan fingerprint density at radius 1 is 0.963 bits per heavy atom. The number of rotatable bonds is 3. The molecule has 4 atom stereocenters. The van der Waals surface area contributed by atoms with Crippen molar-refractivity contribution >= 4 is 11.8 Å². The van der Waals surface area contributed by atoms with Crippen LogP contribution in [0, 0.1) is 23.2 Å². The third-order valence-electron chi connectivity index (χ3n) is 6.00. The van der Waals surface area contributed by atoms with Gasteiger partial charge in [0.05, 0.1) is 30.0 Å². The average molecular weight is 359 g/mol. The molecule has 2 aromatic carbocycles. The molecule has 0 N–H and O–H groups in total. The van der Waals surface area contributed by atoms with Crippen molar-refractivity contribution in [2.45, 2.75) is 25.6 Å². The lowest BCUT2D eigenvalue weighted by molar-refractivity contribution is -0.142. The molecule has 2 saturated heterocycles. The van der Waals surface area contributed by atoms with Crippen molar-refractivity contribution in [3.8, 4) is 6.07 Å². The van der Waals surface area contributed by atoms with E-state index in [1.807, 2.05) is 56.4 Å². The number of benzene rings is 2. The molecular weight excluding hydrogens is 338 g/mol. The summed E-state index contributed by atoms with van der Waals surface area (Å²) < 4.78 is 0. The Morgan fingerprint density at radius 3 is 2.22 bits per heavy atom. The quantitative estimate of drug-likeness (QED) is 0.791. The predicted molar refractivity (Wildman–Crippen MR) is 100 cm³/mol. The van der Waals surface area contributed by atoms with E-state index in [1.54, 1.807) is 12.1 Å². The highest BCUT2D eigenvalue weighted by Crippen LogP contribution is 2.49. The molecule has 5 heteroatoms. The maximum Gasteiger partial charge on any atom is 0.235 e. The summed E-state index contributed by atoms with van der Waals surface area (Å²) in [7, 11) is 1.97. The van der Waals surface area contributed by atoms with E-state index < -0.39 is 0 Å². The molecule has 2 aliphatic heterocycles. The van der Waals surface area contributed by atoms with E-state index in [2.05, 4.69) is 11.0 Å². The lowest BCUT2D eigenvalue weighted by atomic mass is 9.87. The summed E-state index contributed by atoms with van der Waals surface area (Å²) in [6.45, 7) is 2.33. The molecular formula is C22H21N3O2. The fraction of sp³-hybridized carbons (Fsp3) is 0.318. The van der Waals surface area contributed by atoms with Gasteiger partial charge in [-0.25, -0.2) is 0 Å². The summed E-state index contributed by atoms with van der Waals surface area (Å²) in [4.78, 5) is 29.8. The summed E-state index contributed by atoms with van der Waals surface area (Å²) in [6.07, 6.45) is 0. The Morgan fingerprint density at radius 2 is 1.59 bits per heavy atom. The first-order chi connectivity index (χ1) is 13.0. The fourth-order valence-corrected chi connectivity index (χ4v) is 4.49. The Kier molecular flexibility index (Phi) is 4.29. The van der Waals surface area contributed by atoms with Crippen molar-refractivity contribution in [1.29, 1.82) is 5.26 Å². The van der Waals surface area contributed by atoms with Gasteiger partial charge in [-0.2, -0.15) is 5.26 Å². The van der Waals surface area contributed by atoms with Crippen LogP contribution in [0.4, 0.5) is 0 Å². The predicted octanol–water partition coefficient (Wildman–Crippen LogP) is 2.73. The Bertz CT molecular complexity index is 917. The molecule has 27 heavy (non-hydrogen) atoms. The SMILES string of the molecule is CC1C2C(=O)N(Cc3ccccc3)C(=O)C2C(c2ccc(C#N)cc2)N1C. The number of hydrogen-bond acceptors (Lipinski definition) is 4. The van der Waals surface area contributed by atoms with E-state index in [1.165, 1.54) is 4.90 Å². The monoisotopic (exact) mass is 359 g/mol. The van der Waals surface area contributed by atoms with Crippen LogP contribution in [0.15, 0.2) is 54.6 Å². The van der Waals surface area contributed by atoms with E-state index >= 15 is 0 Å². The number of imide groups is 1. The number of fused-ring (bicyclic) bond motifs is 1. The van der Waals surface area contributed by atoms with Gasteiger partial charge in [0.2, 0.25) is 11.8 Å². The Labute approximate surface area is 158 Å². The van der Waals surface area contributed by atoms with Gasteiger partial charge in [0.15, 0.2) is 0 Å². The second-order valence-corrected chi connectivity index (χ2v) is 7.38. The lowest BCUT2D eigenvalue weighted by Gasteiger charge is -2.28. The van der Waals surface area contributed by atoms with E-state index in [-0.39, 0.29) is 35.7 Å². The minimum atomic E-state index is -0.380. The van der Waals surface area contributed by atoms with Crippen LogP contribution in [0.3, 0.4) is 0 Å². The molecule has 0 aliphatic carbocycles. The number of nitrogens with zero attached hydrogens (tertiary/aromatic N) is 3. The smallest absolute Gasteiger partial charge is 0.235 e. The average Bonchev–Trinajstić information content (AvgIpc) is 3.09. The molecule has 2 heterocycles. The topological polar surface area (TPSA) is 64.4 Å². The zero-order valence-corrected chi connectivity index (χ0v) is 15.4. The van der Waals surface area contributed by atoms with E-state index in [4.69, 9.17) is 5.26 Å². The number of carbonyl (C=O) groups is 2. The number of likely N-dealkylation sites (tertiary alicyclic amines) is 2. The van der Waals surface area contributed by atoms with Crippen LogP contribution in [0.5, 0.6) is 0 Å². The highest BCUT2D eigenvalue weighted by molar-refractivity contribution is 6.06. The molecule has 0 bridgehead atoms. The summed E-state index contributed by atoms with van der Waals surface area (Å²) in [5.41, 5.74) is 2.51. The Hall–Kier alpha value is -2.97. The van der Waals surface area contributed by atoms with Crippen molar-refractivity contribution in [2.24, 2.45) is 11.8 Å². The zero-order valence-electron chi connectivity index (χ0n) is 15.4. The molecule has 2 aliphatic rings. The summed E-state index contributed by atoms with van der Waals surface area (Å²) in [5, 5.41) is 9.02. The highest BCUT2D eigenvalue weighted by atomic mass is 16.2. The molecule has 0 spiro atoms. The second kappa shape index (κ2) is 6.64. The van der Waals surface area contributed by atoms with Gasteiger partial charge in [0, 0.05) is 12.1 Å². The molecule has 2 fully saturated rings. The highest BCUT2D eigenvalue weighted by Gasteiger charge is 2.59. The van der Waals surface area contributed by atoms with Gasteiger partial charge >= 0.3 is 0 Å². The largest absolute Gasteiger partial charge is 0.295 e. The molecule has 136 valence electrons. The molecule has 0 saturated carbocycles. The van der Waals surface area contributed by atoms with E-state index in [0.717, 1.165) is 11.1 Å². The van der Waals surface area contributed by atoms with Crippen LogP contribution in [-0.2, 0) is 16.1 Å². The minimum absolute atomic E-state index is 0.0205. The zero-order chi connectivity index (χ0) is 19.1. The molecule has 2 aromatic rings. The van der Waals surface area contributed by atoms with Gasteiger partial charge in [0.25, 0.3) is 0 Å². The van der Waals surface area contributed by atoms with Crippen molar-refractivity contribution < 1.29 is 9.59 Å². The summed E-state index contributed by atoms with van der Waals surface area (Å²) in [6, 6.07) is 18.9. The summed E-state index contributed by atoms with van der Waals surface area (Å²) >= 11 is 0. The van der Waals surface area contributed by atoms with Crippen LogP contribution in [0.1, 0.15) is 29.7 Å². The molecule has 4 unspecified atom stereocenters. The molecule has 0 radical (unpaired) electrons. The van der Waals surface area contributed by atoms with Gasteiger partial charge in [-0.3, -0.25) is 19.4 Å². The van der Waals surface area contributed by atoms with Gasteiger partial charge in [-0.1, -0.05) is 42.5 Å². The number of nitriles is 1. The number of hydrogen-bond donors (Lipinski definition) is 0. The molecule has 4 rings (SSSR count). The molecule has 5 nitrogen and oxygen atoms in total. The standard InChI is InChI=1S/C22H21N3O2/c1-14-18-19(20(24(14)2)17-10-8-15(12-23)9-11-17)22(27)25(21(18)26)13-16-6-4-3-5-7-16/h3-11,14,18-20H,13H2,1-2H3. The molecule has 0 aromatic heterocycles. The van der Waals surface area contributed by atoms with E-state index in [9.17, 15) is 9.59 Å². The van der Waals surface area contributed by atoms with Gasteiger partial charge in [-0.05, 0) is 37.2 Å². The Balaban J connectivity index is 1.67. The number of carbonyl (C=O) groups excluding carboxylic acids is 2. The second-order valence-electron chi connectivity index (χ2n) is 7.38. The first-order valence-electron chi connectivity index (χ1n) is 9.14. The van der Waals surface area contributed by atoms with Crippen molar-refractivity contribution in [3.05, 3.63) is 71.3 Å². The minimum Gasteiger partial charge on any atom is -0.295 e. The van der Waals surface area contributed by atoms with Crippen LogP contribution in [0.2, 0.25) is 0 Å². The van der Waals surface area contributed by atoms with Gasteiger partial charge < -0.3 is 0 Å². The maximum absolute atomic E-state index is 13.2.